The van der Waals surface area contributed by atoms with Gasteiger partial charge in [-0.15, -0.1) is 0 Å². The summed E-state index contributed by atoms with van der Waals surface area (Å²) in [6, 6.07) is 1.92. The summed E-state index contributed by atoms with van der Waals surface area (Å²) in [4.78, 5) is 0. The van der Waals surface area contributed by atoms with E-state index in [0.29, 0.717) is 13.1 Å². The summed E-state index contributed by atoms with van der Waals surface area (Å²) in [5.41, 5.74) is 0. The summed E-state index contributed by atoms with van der Waals surface area (Å²) in [7, 11) is -3.17. The molecule has 1 unspecified atom stereocenters. The third-order valence-corrected chi connectivity index (χ3v) is 4.29. The number of nitrogens with one attached hydrogen (secondary N) is 2. The van der Waals surface area contributed by atoms with E-state index in [9.17, 15) is 8.42 Å². The van der Waals surface area contributed by atoms with Crippen LogP contribution in [0.5, 0.6) is 0 Å². The normalized spacial score (nSPS) is 20.8. The summed E-state index contributed by atoms with van der Waals surface area (Å²) in [6.07, 6.45) is 5.50. The molecule has 1 aromatic rings. The van der Waals surface area contributed by atoms with Crippen molar-refractivity contribution in [2.24, 2.45) is 0 Å². The molecule has 1 atom stereocenters. The van der Waals surface area contributed by atoms with Crippen molar-refractivity contribution < 1.29 is 8.42 Å². The Morgan fingerprint density at radius 3 is 3.06 bits per heavy atom. The molecule has 0 radical (unpaired) electrons. The fraction of sp³-hybridized carbons (Fsp3) is 0.700. The first-order valence-corrected chi connectivity index (χ1v) is 7.49. The van der Waals surface area contributed by atoms with Crippen LogP contribution in [-0.4, -0.2) is 43.1 Å². The van der Waals surface area contributed by atoms with Crippen molar-refractivity contribution in [1.29, 1.82) is 0 Å². The summed E-state index contributed by atoms with van der Waals surface area (Å²) >= 11 is 0. The van der Waals surface area contributed by atoms with Gasteiger partial charge in [0.2, 0.25) is 10.0 Å². The largest absolute Gasteiger partial charge is 0.313 e. The average Bonchev–Trinajstić information content (AvgIpc) is 2.89. The topological polar surface area (TPSA) is 76.0 Å². The summed E-state index contributed by atoms with van der Waals surface area (Å²) in [5.74, 6) is 0.173. The molecule has 17 heavy (non-hydrogen) atoms. The van der Waals surface area contributed by atoms with Gasteiger partial charge in [-0.2, -0.15) is 5.10 Å². The maximum atomic E-state index is 11.7. The number of sulfonamides is 1. The van der Waals surface area contributed by atoms with Gasteiger partial charge in [-0.05, 0) is 25.5 Å². The minimum absolute atomic E-state index is 0.109. The first-order chi connectivity index (χ1) is 8.16. The molecule has 0 aliphatic carbocycles. The molecule has 0 spiro atoms. The highest BCUT2D eigenvalue weighted by Gasteiger charge is 2.21. The van der Waals surface area contributed by atoms with Crippen LogP contribution in [0, 0.1) is 0 Å². The second kappa shape index (κ2) is 5.61. The zero-order valence-electron chi connectivity index (χ0n) is 9.67. The maximum absolute atomic E-state index is 11.7. The molecule has 7 heteroatoms. The van der Waals surface area contributed by atoms with Crippen LogP contribution in [0.2, 0.25) is 0 Å². The van der Waals surface area contributed by atoms with Crippen molar-refractivity contribution >= 4 is 10.0 Å². The van der Waals surface area contributed by atoms with Gasteiger partial charge in [-0.25, -0.2) is 13.1 Å². The van der Waals surface area contributed by atoms with Gasteiger partial charge in [-0.3, -0.25) is 4.68 Å². The van der Waals surface area contributed by atoms with Crippen molar-refractivity contribution in [3.63, 3.8) is 0 Å². The molecule has 1 aromatic heterocycles. The number of nitrogens with zero attached hydrogens (tertiary/aromatic N) is 2. The Morgan fingerprint density at radius 2 is 2.41 bits per heavy atom. The number of hydrogen-bond donors (Lipinski definition) is 2. The molecular formula is C10H18N4O2S. The van der Waals surface area contributed by atoms with Gasteiger partial charge < -0.3 is 5.32 Å². The van der Waals surface area contributed by atoms with Gasteiger partial charge in [0, 0.05) is 25.0 Å². The Balaban J connectivity index is 1.73. The lowest BCUT2D eigenvalue weighted by Gasteiger charge is -2.11. The first kappa shape index (κ1) is 12.5. The number of hydrogen-bond acceptors (Lipinski definition) is 4. The maximum Gasteiger partial charge on any atom is 0.213 e. The Labute approximate surface area is 101 Å². The third kappa shape index (κ3) is 4.10. The highest BCUT2D eigenvalue weighted by atomic mass is 32.2. The van der Waals surface area contributed by atoms with Gasteiger partial charge in [0.25, 0.3) is 0 Å². The van der Waals surface area contributed by atoms with Crippen LogP contribution < -0.4 is 10.0 Å². The van der Waals surface area contributed by atoms with Crippen LogP contribution in [0.3, 0.4) is 0 Å². The molecule has 2 heterocycles. The van der Waals surface area contributed by atoms with Crippen LogP contribution in [-0.2, 0) is 16.6 Å². The zero-order chi connectivity index (χ0) is 12.1. The van der Waals surface area contributed by atoms with Crippen LogP contribution in [0.25, 0.3) is 0 Å². The lowest BCUT2D eigenvalue weighted by Crippen LogP contribution is -2.37. The van der Waals surface area contributed by atoms with Gasteiger partial charge in [0.1, 0.15) is 0 Å². The summed E-state index contributed by atoms with van der Waals surface area (Å²) in [6.45, 7) is 1.87. The van der Waals surface area contributed by atoms with Crippen LogP contribution in [0.15, 0.2) is 18.5 Å². The highest BCUT2D eigenvalue weighted by molar-refractivity contribution is 7.89. The summed E-state index contributed by atoms with van der Waals surface area (Å²) in [5, 5.41) is 7.19. The lowest BCUT2D eigenvalue weighted by atomic mass is 10.3. The van der Waals surface area contributed by atoms with E-state index in [1.54, 1.807) is 10.9 Å². The molecule has 2 rings (SSSR count). The number of rotatable bonds is 6. The third-order valence-electron chi connectivity index (χ3n) is 2.81. The zero-order valence-corrected chi connectivity index (χ0v) is 10.5. The Bertz CT molecular complexity index is 423. The van der Waals surface area contributed by atoms with E-state index in [2.05, 4.69) is 15.1 Å². The van der Waals surface area contributed by atoms with Gasteiger partial charge in [0.05, 0.1) is 12.3 Å². The van der Waals surface area contributed by atoms with E-state index >= 15 is 0 Å². The van der Waals surface area contributed by atoms with Crippen LogP contribution >= 0.6 is 0 Å². The molecular weight excluding hydrogens is 240 g/mol. The van der Waals surface area contributed by atoms with Gasteiger partial charge in [0.15, 0.2) is 0 Å². The van der Waals surface area contributed by atoms with Crippen molar-refractivity contribution in [2.45, 2.75) is 25.4 Å². The smallest absolute Gasteiger partial charge is 0.213 e. The Kier molecular flexibility index (Phi) is 4.14. The first-order valence-electron chi connectivity index (χ1n) is 5.84. The van der Waals surface area contributed by atoms with E-state index in [1.807, 2.05) is 12.3 Å². The second-order valence-electron chi connectivity index (χ2n) is 4.24. The van der Waals surface area contributed by atoms with Crippen molar-refractivity contribution in [1.82, 2.24) is 19.8 Å². The molecule has 1 aliphatic heterocycles. The standard InChI is InChI=1S/C10H18N4O2S/c15-17(16,9-10-3-1-4-11-10)13-6-8-14-7-2-5-12-14/h2,5,7,10-11,13H,1,3-4,6,8-9H2. The molecule has 0 amide bonds. The molecule has 0 aromatic carbocycles. The Morgan fingerprint density at radius 1 is 1.53 bits per heavy atom. The minimum Gasteiger partial charge on any atom is -0.313 e. The minimum atomic E-state index is -3.17. The van der Waals surface area contributed by atoms with Crippen molar-refractivity contribution in [3.05, 3.63) is 18.5 Å². The predicted molar refractivity (Wildman–Crippen MR) is 65.0 cm³/mol. The molecule has 0 saturated carbocycles. The highest BCUT2D eigenvalue weighted by Crippen LogP contribution is 2.06. The molecule has 1 aliphatic rings. The SMILES string of the molecule is O=S(=O)(CC1CCCN1)NCCn1cccn1. The predicted octanol–water partition coefficient (Wildman–Crippen LogP) is -0.445. The molecule has 2 N–H and O–H groups in total. The molecule has 1 fully saturated rings. The quantitative estimate of drug-likeness (QED) is 0.725. The average molecular weight is 258 g/mol. The van der Waals surface area contributed by atoms with E-state index in [4.69, 9.17) is 0 Å². The van der Waals surface area contributed by atoms with E-state index in [-0.39, 0.29) is 11.8 Å². The van der Waals surface area contributed by atoms with Crippen LogP contribution in [0.4, 0.5) is 0 Å². The molecule has 96 valence electrons. The van der Waals surface area contributed by atoms with Crippen LogP contribution in [0.1, 0.15) is 12.8 Å². The van der Waals surface area contributed by atoms with Gasteiger partial charge >= 0.3 is 0 Å². The van der Waals surface area contributed by atoms with Crippen molar-refractivity contribution in [2.75, 3.05) is 18.8 Å². The Hall–Kier alpha value is -0.920. The summed E-state index contributed by atoms with van der Waals surface area (Å²) < 4.78 is 27.8. The molecule has 6 nitrogen and oxygen atoms in total. The van der Waals surface area contributed by atoms with Gasteiger partial charge in [-0.1, -0.05) is 0 Å². The lowest BCUT2D eigenvalue weighted by molar-refractivity contribution is 0.548. The monoisotopic (exact) mass is 258 g/mol. The molecule has 0 bridgehead atoms. The molecule has 1 saturated heterocycles. The van der Waals surface area contributed by atoms with Crippen molar-refractivity contribution in [3.8, 4) is 0 Å². The van der Waals surface area contributed by atoms with E-state index < -0.39 is 10.0 Å². The second-order valence-corrected chi connectivity index (χ2v) is 6.09. The fourth-order valence-corrected chi connectivity index (χ4v) is 3.31. The number of aromatic nitrogens is 2. The van der Waals surface area contributed by atoms with E-state index in [1.165, 1.54) is 0 Å². The van der Waals surface area contributed by atoms with E-state index in [0.717, 1.165) is 19.4 Å². The fourth-order valence-electron chi connectivity index (χ4n) is 1.97.